The van der Waals surface area contributed by atoms with E-state index in [1.165, 1.54) is 25.4 Å². The normalized spacial score (nSPS) is 18.2. The smallest absolute Gasteiger partial charge is 0.321 e. The number of H-pyrrole nitrogens is 1. The first kappa shape index (κ1) is 38.4. The Kier molecular flexibility index (Phi) is 10.7. The number of carbonyl (C=O) groups is 1. The zero-order valence-electron chi connectivity index (χ0n) is 30.0. The highest BCUT2D eigenvalue weighted by atomic mass is 35.5. The van der Waals surface area contributed by atoms with Crippen molar-refractivity contribution in [1.29, 1.82) is 0 Å². The molecule has 8 rings (SSSR count). The maximum absolute atomic E-state index is 14.1. The Morgan fingerprint density at radius 1 is 0.982 bits per heavy atom. The monoisotopic (exact) mass is 796 g/mol. The van der Waals surface area contributed by atoms with Crippen molar-refractivity contribution in [3.05, 3.63) is 73.1 Å². The topological polar surface area (TPSA) is 174 Å². The molecule has 1 atom stereocenters. The highest BCUT2D eigenvalue weighted by Gasteiger charge is 2.44. The molecule has 0 radical (unpaired) electrons. The number of imidazole rings is 1. The second-order valence-corrected chi connectivity index (χ2v) is 16.5. The minimum absolute atomic E-state index is 0. The summed E-state index contributed by atoms with van der Waals surface area (Å²) in [7, 11) is -3.85. The predicted octanol–water partition coefficient (Wildman–Crippen LogP) is 5.27. The Morgan fingerprint density at radius 3 is 2.44 bits per heavy atom. The number of benzene rings is 2. The van der Waals surface area contributed by atoms with Crippen molar-refractivity contribution < 1.29 is 27.1 Å². The van der Waals surface area contributed by atoms with Gasteiger partial charge in [0.1, 0.15) is 11.7 Å². The Hall–Kier alpha value is -4.87. The number of nitrogens with one attached hydrogen (secondary N) is 3. The maximum Gasteiger partial charge on any atom is 0.321 e. The Balaban J connectivity index is 0.00000465. The fraction of sp³-hybridized carbons (Fsp3) is 0.432. The van der Waals surface area contributed by atoms with E-state index in [0.29, 0.717) is 28.2 Å². The van der Waals surface area contributed by atoms with Crippen LogP contribution in [0.25, 0.3) is 27.8 Å². The van der Waals surface area contributed by atoms with E-state index in [2.05, 4.69) is 40.2 Å². The summed E-state index contributed by atoms with van der Waals surface area (Å²) in [5.74, 6) is -4.10. The van der Waals surface area contributed by atoms with E-state index in [1.54, 1.807) is 16.9 Å². The number of nitrogens with zero attached hydrogens (tertiary/aromatic N) is 7. The lowest BCUT2D eigenvalue weighted by molar-refractivity contribution is -0.139. The fourth-order valence-electron chi connectivity index (χ4n) is 7.55. The van der Waals surface area contributed by atoms with Crippen LogP contribution in [-0.2, 0) is 21.2 Å². The molecule has 0 bridgehead atoms. The Labute approximate surface area is 323 Å². The van der Waals surface area contributed by atoms with E-state index in [-0.39, 0.29) is 57.1 Å². The molecule has 5 aromatic rings. The molecular formula is C37H43ClF2N10O4S. The second-order valence-electron chi connectivity index (χ2n) is 14.7. The van der Waals surface area contributed by atoms with Gasteiger partial charge in [0.2, 0.25) is 10.0 Å². The molecule has 2 saturated heterocycles. The van der Waals surface area contributed by atoms with Gasteiger partial charge in [-0.3, -0.25) is 14.5 Å². The molecule has 1 spiro atoms. The van der Waals surface area contributed by atoms with Crippen LogP contribution in [0.1, 0.15) is 44.2 Å². The van der Waals surface area contributed by atoms with E-state index >= 15 is 0 Å². The van der Waals surface area contributed by atoms with Gasteiger partial charge >= 0.3 is 5.97 Å². The van der Waals surface area contributed by atoms with Gasteiger partial charge in [-0.05, 0) is 67.5 Å². The highest BCUT2D eigenvalue weighted by molar-refractivity contribution is 7.92. The molecule has 2 aromatic carbocycles. The molecule has 2 aliphatic heterocycles. The van der Waals surface area contributed by atoms with Gasteiger partial charge in [0.25, 0.3) is 5.92 Å². The molecule has 0 amide bonds. The first-order valence-electron chi connectivity index (χ1n) is 18.2. The van der Waals surface area contributed by atoms with Gasteiger partial charge in [0.15, 0.2) is 0 Å². The molecule has 55 heavy (non-hydrogen) atoms. The van der Waals surface area contributed by atoms with Crippen molar-refractivity contribution in [2.45, 2.75) is 56.9 Å². The van der Waals surface area contributed by atoms with Gasteiger partial charge in [0.05, 0.1) is 40.9 Å². The van der Waals surface area contributed by atoms with Crippen LogP contribution in [0.2, 0.25) is 0 Å². The fourth-order valence-corrected chi connectivity index (χ4v) is 8.53. The number of aromatic amines is 1. The van der Waals surface area contributed by atoms with Crippen LogP contribution in [-0.4, -0.2) is 99.9 Å². The molecule has 4 N–H and O–H groups in total. The van der Waals surface area contributed by atoms with Gasteiger partial charge < -0.3 is 25.2 Å². The summed E-state index contributed by atoms with van der Waals surface area (Å²) in [5, 5.41) is 22.4. The first-order chi connectivity index (χ1) is 25.9. The van der Waals surface area contributed by atoms with Crippen LogP contribution >= 0.6 is 12.4 Å². The molecule has 3 aromatic heterocycles. The van der Waals surface area contributed by atoms with Crippen LogP contribution in [0.4, 0.5) is 25.8 Å². The molecule has 3 fully saturated rings. The van der Waals surface area contributed by atoms with Crippen molar-refractivity contribution in [3.8, 4) is 16.9 Å². The van der Waals surface area contributed by atoms with Crippen molar-refractivity contribution in [2.24, 2.45) is 5.41 Å². The summed E-state index contributed by atoms with van der Waals surface area (Å²) in [6.45, 7) is 2.01. The van der Waals surface area contributed by atoms with E-state index < -0.39 is 28.0 Å². The molecule has 1 saturated carbocycles. The number of aliphatic carboxylic acids is 1. The Bertz CT molecular complexity index is 2250. The van der Waals surface area contributed by atoms with Crippen LogP contribution in [0.5, 0.6) is 0 Å². The summed E-state index contributed by atoms with van der Waals surface area (Å²) in [4.78, 5) is 27.4. The summed E-state index contributed by atoms with van der Waals surface area (Å²) in [5.41, 5.74) is 5.87. The number of alkyl halides is 2. The van der Waals surface area contributed by atoms with Gasteiger partial charge in [-0.1, -0.05) is 11.3 Å². The highest BCUT2D eigenvalue weighted by Crippen LogP contribution is 2.54. The number of carboxylic acids is 1. The number of piperidine rings is 2. The number of sulfonamides is 1. The Morgan fingerprint density at radius 2 is 1.73 bits per heavy atom. The first-order valence-corrected chi connectivity index (χ1v) is 19.9. The molecule has 1 aliphatic carbocycles. The molecular weight excluding hydrogens is 754 g/mol. The minimum Gasteiger partial charge on any atom is -0.480 e. The molecule has 3 aliphatic rings. The van der Waals surface area contributed by atoms with E-state index in [1.807, 2.05) is 47.5 Å². The third-order valence-electron chi connectivity index (χ3n) is 11.0. The zero-order valence-corrected chi connectivity index (χ0v) is 31.6. The predicted molar refractivity (Wildman–Crippen MR) is 208 cm³/mol. The largest absolute Gasteiger partial charge is 0.480 e. The third-order valence-corrected chi connectivity index (χ3v) is 12.3. The number of rotatable bonds is 13. The number of anilines is 3. The van der Waals surface area contributed by atoms with Crippen molar-refractivity contribution in [1.82, 2.24) is 35.3 Å². The molecule has 18 heteroatoms. The maximum atomic E-state index is 14.1. The summed E-state index contributed by atoms with van der Waals surface area (Å²) < 4.78 is 58.9. The van der Waals surface area contributed by atoms with Gasteiger partial charge in [-0.2, -0.15) is 0 Å². The van der Waals surface area contributed by atoms with Crippen LogP contribution in [0.15, 0.2) is 67.4 Å². The average molecular weight is 797 g/mol. The number of pyridine rings is 1. The molecule has 14 nitrogen and oxygen atoms in total. The lowest BCUT2D eigenvalue weighted by Gasteiger charge is -2.35. The number of fused-ring (bicyclic) bond motifs is 1. The summed E-state index contributed by atoms with van der Waals surface area (Å²) >= 11 is 0. The SMILES string of the molecule is Cl.O=C(O)[C@H](Cc1cnc[nH]1)NCCS(=O)(=O)Nc1ccc(-c2cn(-c3cc(N4CCC(F)(F)CC4)c4ncccc4c3)nn2)c(N2CCC3(CC2)CC3)c1. The van der Waals surface area contributed by atoms with Gasteiger partial charge in [0, 0.05) is 86.7 Å². The third kappa shape index (κ3) is 8.68. The second kappa shape index (κ2) is 15.3. The number of halogens is 3. The quantitative estimate of drug-likeness (QED) is 0.122. The van der Waals surface area contributed by atoms with E-state index in [4.69, 9.17) is 0 Å². The van der Waals surface area contributed by atoms with Gasteiger partial charge in [-0.15, -0.1) is 17.5 Å². The van der Waals surface area contributed by atoms with Crippen molar-refractivity contribution in [2.75, 3.05) is 53.0 Å². The van der Waals surface area contributed by atoms with Gasteiger partial charge in [-0.25, -0.2) is 26.9 Å². The van der Waals surface area contributed by atoms with E-state index in [0.717, 1.165) is 53.8 Å². The molecule has 5 heterocycles. The minimum atomic E-state index is -3.85. The standard InChI is InChI=1S/C37H42F2N10O4S.ClH/c38-37(39)9-15-48(16-10-37)33-21-28(18-25-2-1-11-42-34(25)33)49-23-31(44-46-49)29-4-3-26(20-32(29)47-13-7-36(5-6-36)8-14-47)45-54(52,53)17-12-41-30(35(50)51)19-27-22-40-24-43-27;/h1-4,11,18,20-24,30,41,45H,5-10,12-17,19H2,(H,40,43)(H,50,51);1H/t30-;/m0./s1. The number of hydrogen-bond acceptors (Lipinski definition) is 10. The zero-order chi connectivity index (χ0) is 37.5. The van der Waals surface area contributed by atoms with Crippen molar-refractivity contribution >= 4 is 56.4 Å². The average Bonchev–Trinajstić information content (AvgIpc) is 3.48. The lowest BCUT2D eigenvalue weighted by Crippen LogP contribution is -2.41. The molecule has 292 valence electrons. The number of hydrogen-bond donors (Lipinski definition) is 4. The molecule has 0 unspecified atom stereocenters. The van der Waals surface area contributed by atoms with Crippen molar-refractivity contribution in [3.63, 3.8) is 0 Å². The number of carboxylic acid groups (broad SMARTS) is 1. The van der Waals surface area contributed by atoms with Crippen LogP contribution in [0.3, 0.4) is 0 Å². The van der Waals surface area contributed by atoms with Crippen LogP contribution < -0.4 is 19.8 Å². The van der Waals surface area contributed by atoms with Crippen LogP contribution in [0, 0.1) is 5.41 Å². The number of aromatic nitrogens is 6. The summed E-state index contributed by atoms with van der Waals surface area (Å²) in [6.07, 6.45) is 10.8. The van der Waals surface area contributed by atoms with E-state index in [9.17, 15) is 27.1 Å². The summed E-state index contributed by atoms with van der Waals surface area (Å²) in [6, 6.07) is 12.0. The lowest BCUT2D eigenvalue weighted by atomic mass is 9.93.